The van der Waals surface area contributed by atoms with Crippen molar-refractivity contribution in [2.75, 3.05) is 33.5 Å². The summed E-state index contributed by atoms with van der Waals surface area (Å²) in [6.07, 6.45) is 0.140. The third-order valence-electron chi connectivity index (χ3n) is 2.86. The van der Waals surface area contributed by atoms with Crippen LogP contribution in [0.5, 0.6) is 5.75 Å². The van der Waals surface area contributed by atoms with Crippen molar-refractivity contribution in [3.63, 3.8) is 0 Å². The highest BCUT2D eigenvalue weighted by molar-refractivity contribution is 5.80. The highest BCUT2D eigenvalue weighted by atomic mass is 16.5. The van der Waals surface area contributed by atoms with E-state index in [4.69, 9.17) is 19.5 Å². The lowest BCUT2D eigenvalue weighted by molar-refractivity contribution is -0.127. The lowest BCUT2D eigenvalue weighted by atomic mass is 10.2. The molecule has 1 aromatic rings. The Hall–Kier alpha value is -2.10. The number of methoxy groups -OCH3 is 1. The van der Waals surface area contributed by atoms with Crippen LogP contribution >= 0.6 is 0 Å². The van der Waals surface area contributed by atoms with E-state index in [0.717, 1.165) is 6.42 Å². The predicted molar refractivity (Wildman–Crippen MR) is 81.6 cm³/mol. The molecule has 0 aliphatic rings. The van der Waals surface area contributed by atoms with E-state index in [1.807, 2.05) is 6.07 Å². The molecule has 1 unspecified atom stereocenters. The molecule has 22 heavy (non-hydrogen) atoms. The Morgan fingerprint density at radius 3 is 2.64 bits per heavy atom. The fraction of sp³-hybridized carbons (Fsp3) is 0.500. The highest BCUT2D eigenvalue weighted by Crippen LogP contribution is 2.13. The second-order valence-corrected chi connectivity index (χ2v) is 4.65. The molecule has 1 N–H and O–H groups in total. The Morgan fingerprint density at radius 1 is 1.27 bits per heavy atom. The van der Waals surface area contributed by atoms with E-state index in [1.54, 1.807) is 38.3 Å². The molecule has 0 saturated carbocycles. The molecule has 120 valence electrons. The van der Waals surface area contributed by atoms with Crippen LogP contribution in [0.15, 0.2) is 24.3 Å². The summed E-state index contributed by atoms with van der Waals surface area (Å²) in [5.41, 5.74) is 0.554. The standard InChI is InChI=1S/C16H22N2O4/c1-13(22-15-6-4-14(12-17)5-7-15)16(19)18-8-3-9-21-11-10-20-2/h4-7,13H,3,8-11H2,1-2H3,(H,18,19). The zero-order valence-electron chi connectivity index (χ0n) is 13.0. The minimum absolute atomic E-state index is 0.179. The first-order valence-corrected chi connectivity index (χ1v) is 7.18. The minimum atomic E-state index is -0.595. The smallest absolute Gasteiger partial charge is 0.260 e. The van der Waals surface area contributed by atoms with Gasteiger partial charge in [0.05, 0.1) is 24.8 Å². The van der Waals surface area contributed by atoms with Gasteiger partial charge < -0.3 is 19.5 Å². The average Bonchev–Trinajstić information content (AvgIpc) is 2.54. The van der Waals surface area contributed by atoms with E-state index >= 15 is 0 Å². The topological polar surface area (TPSA) is 80.6 Å². The number of ether oxygens (including phenoxy) is 3. The molecular formula is C16H22N2O4. The number of nitrogens with one attached hydrogen (secondary N) is 1. The number of carbonyl (C=O) groups excluding carboxylic acids is 1. The molecule has 1 rings (SSSR count). The summed E-state index contributed by atoms with van der Waals surface area (Å²) >= 11 is 0. The van der Waals surface area contributed by atoms with Crippen molar-refractivity contribution in [2.24, 2.45) is 0 Å². The van der Waals surface area contributed by atoms with Gasteiger partial charge >= 0.3 is 0 Å². The van der Waals surface area contributed by atoms with Crippen molar-refractivity contribution in [1.82, 2.24) is 5.32 Å². The van der Waals surface area contributed by atoms with Crippen LogP contribution in [0.1, 0.15) is 18.9 Å². The Labute approximate surface area is 131 Å². The van der Waals surface area contributed by atoms with Crippen LogP contribution in [0.3, 0.4) is 0 Å². The van der Waals surface area contributed by atoms with Crippen LogP contribution < -0.4 is 10.1 Å². The van der Waals surface area contributed by atoms with Gasteiger partial charge in [-0.15, -0.1) is 0 Å². The highest BCUT2D eigenvalue weighted by Gasteiger charge is 2.13. The van der Waals surface area contributed by atoms with Crippen LogP contribution in [0.2, 0.25) is 0 Å². The number of hydrogen-bond acceptors (Lipinski definition) is 5. The largest absolute Gasteiger partial charge is 0.481 e. The van der Waals surface area contributed by atoms with E-state index in [0.29, 0.717) is 37.7 Å². The summed E-state index contributed by atoms with van der Waals surface area (Å²) in [5.74, 6) is 0.380. The maximum absolute atomic E-state index is 11.9. The van der Waals surface area contributed by atoms with Crippen molar-refractivity contribution in [3.8, 4) is 11.8 Å². The first-order chi connectivity index (χ1) is 10.7. The van der Waals surface area contributed by atoms with Crippen molar-refractivity contribution < 1.29 is 19.0 Å². The second kappa shape index (κ2) is 10.6. The zero-order chi connectivity index (χ0) is 16.2. The third kappa shape index (κ3) is 7.07. The minimum Gasteiger partial charge on any atom is -0.481 e. The third-order valence-corrected chi connectivity index (χ3v) is 2.86. The fourth-order valence-corrected chi connectivity index (χ4v) is 1.64. The molecule has 0 aromatic heterocycles. The van der Waals surface area contributed by atoms with E-state index in [2.05, 4.69) is 5.32 Å². The van der Waals surface area contributed by atoms with Crippen molar-refractivity contribution in [3.05, 3.63) is 29.8 Å². The molecule has 0 fully saturated rings. The van der Waals surface area contributed by atoms with E-state index in [1.165, 1.54) is 0 Å². The van der Waals surface area contributed by atoms with Crippen LogP contribution in [0, 0.1) is 11.3 Å². The molecule has 0 heterocycles. The molecule has 1 atom stereocenters. The van der Waals surface area contributed by atoms with Crippen molar-refractivity contribution in [1.29, 1.82) is 5.26 Å². The summed E-state index contributed by atoms with van der Waals surface area (Å²) in [5, 5.41) is 11.5. The van der Waals surface area contributed by atoms with Gasteiger partial charge in [0.1, 0.15) is 5.75 Å². The maximum atomic E-state index is 11.9. The Morgan fingerprint density at radius 2 is 2.00 bits per heavy atom. The first-order valence-electron chi connectivity index (χ1n) is 7.18. The van der Waals surface area contributed by atoms with Gasteiger partial charge in [-0.2, -0.15) is 5.26 Å². The first kappa shape index (κ1) is 18.0. The lowest BCUT2D eigenvalue weighted by Crippen LogP contribution is -2.37. The molecule has 6 nitrogen and oxygen atoms in total. The van der Waals surface area contributed by atoms with E-state index in [9.17, 15) is 4.79 Å². The van der Waals surface area contributed by atoms with Gasteiger partial charge in [0.25, 0.3) is 5.91 Å². The Bertz CT molecular complexity index is 482. The van der Waals surface area contributed by atoms with Crippen LogP contribution in [-0.4, -0.2) is 45.5 Å². The van der Waals surface area contributed by atoms with Gasteiger partial charge in [0, 0.05) is 20.3 Å². The quantitative estimate of drug-likeness (QED) is 0.662. The molecule has 1 aromatic carbocycles. The summed E-state index contributed by atoms with van der Waals surface area (Å²) in [6, 6.07) is 8.67. The molecule has 6 heteroatoms. The number of amides is 1. The molecule has 1 amide bonds. The Kier molecular flexibility index (Phi) is 8.65. The summed E-state index contributed by atoms with van der Waals surface area (Å²) < 4.78 is 15.7. The van der Waals surface area contributed by atoms with Gasteiger partial charge in [-0.05, 0) is 37.6 Å². The van der Waals surface area contributed by atoms with Crippen molar-refractivity contribution in [2.45, 2.75) is 19.4 Å². The van der Waals surface area contributed by atoms with Gasteiger partial charge in [-0.25, -0.2) is 0 Å². The summed E-state index contributed by atoms with van der Waals surface area (Å²) in [6.45, 7) is 3.93. The predicted octanol–water partition coefficient (Wildman–Crippen LogP) is 1.49. The number of benzene rings is 1. The summed E-state index contributed by atoms with van der Waals surface area (Å²) in [4.78, 5) is 11.9. The van der Waals surface area contributed by atoms with E-state index in [-0.39, 0.29) is 5.91 Å². The van der Waals surface area contributed by atoms with Gasteiger partial charge in [-0.3, -0.25) is 4.79 Å². The molecule has 0 aliphatic heterocycles. The number of carbonyl (C=O) groups is 1. The van der Waals surface area contributed by atoms with Crippen LogP contribution in [0.4, 0.5) is 0 Å². The second-order valence-electron chi connectivity index (χ2n) is 4.65. The van der Waals surface area contributed by atoms with Crippen LogP contribution in [-0.2, 0) is 14.3 Å². The molecule has 0 spiro atoms. The van der Waals surface area contributed by atoms with E-state index < -0.39 is 6.10 Å². The SMILES string of the molecule is COCCOCCCNC(=O)C(C)Oc1ccc(C#N)cc1. The number of nitriles is 1. The van der Waals surface area contributed by atoms with Gasteiger partial charge in [0.2, 0.25) is 0 Å². The zero-order valence-corrected chi connectivity index (χ0v) is 13.0. The van der Waals surface area contributed by atoms with Crippen molar-refractivity contribution >= 4 is 5.91 Å². The molecule has 0 saturated heterocycles. The number of hydrogen-bond donors (Lipinski definition) is 1. The summed E-state index contributed by atoms with van der Waals surface area (Å²) in [7, 11) is 1.62. The number of nitrogens with zero attached hydrogens (tertiary/aromatic N) is 1. The van der Waals surface area contributed by atoms with Crippen LogP contribution in [0.25, 0.3) is 0 Å². The van der Waals surface area contributed by atoms with Gasteiger partial charge in [0.15, 0.2) is 6.10 Å². The fourth-order valence-electron chi connectivity index (χ4n) is 1.64. The normalized spacial score (nSPS) is 11.5. The Balaban J connectivity index is 2.20. The molecular weight excluding hydrogens is 284 g/mol. The molecule has 0 bridgehead atoms. The van der Waals surface area contributed by atoms with Gasteiger partial charge in [-0.1, -0.05) is 0 Å². The molecule has 0 radical (unpaired) electrons. The number of rotatable bonds is 10. The maximum Gasteiger partial charge on any atom is 0.260 e. The lowest BCUT2D eigenvalue weighted by Gasteiger charge is -2.14. The monoisotopic (exact) mass is 306 g/mol. The molecule has 0 aliphatic carbocycles. The average molecular weight is 306 g/mol.